The van der Waals surface area contributed by atoms with E-state index in [-0.39, 0.29) is 6.04 Å². The van der Waals surface area contributed by atoms with Crippen LogP contribution in [0.4, 0.5) is 0 Å². The van der Waals surface area contributed by atoms with Crippen LogP contribution in [-0.4, -0.2) is 33.5 Å². The fourth-order valence-electron chi connectivity index (χ4n) is 5.73. The van der Waals surface area contributed by atoms with E-state index < -0.39 is 0 Å². The first-order chi connectivity index (χ1) is 17.2. The summed E-state index contributed by atoms with van der Waals surface area (Å²) in [5.74, 6) is 0. The van der Waals surface area contributed by atoms with Crippen LogP contribution >= 0.6 is 11.8 Å². The summed E-state index contributed by atoms with van der Waals surface area (Å²) in [5, 5.41) is 13.7. The van der Waals surface area contributed by atoms with Crippen molar-refractivity contribution < 1.29 is 0 Å². The lowest BCUT2D eigenvalue weighted by Crippen LogP contribution is -2.55. The van der Waals surface area contributed by atoms with E-state index >= 15 is 0 Å². The normalized spacial score (nSPS) is 30.7. The molecule has 3 aliphatic carbocycles. The number of thioether (sulfide) groups is 1. The summed E-state index contributed by atoms with van der Waals surface area (Å²) in [6.07, 6.45) is 28.9. The number of dihydropyridines is 1. The highest BCUT2D eigenvalue weighted by atomic mass is 32.2. The average molecular weight is 476 g/mol. The predicted molar refractivity (Wildman–Crippen MR) is 147 cm³/mol. The SMILES string of the molecule is CC1NC=C(C#N)C=C1c1cccc(C2=C(N3C4C=CC=CC4SC4C=CC=CC43)CCC=C2)c1. The van der Waals surface area contributed by atoms with Gasteiger partial charge in [0.25, 0.3) is 0 Å². The number of nitriles is 1. The molecule has 0 spiro atoms. The monoisotopic (exact) mass is 475 g/mol. The second kappa shape index (κ2) is 9.32. The second-order valence-corrected chi connectivity index (χ2v) is 10.9. The minimum absolute atomic E-state index is 0.164. The quantitative estimate of drug-likeness (QED) is 0.556. The highest BCUT2D eigenvalue weighted by molar-refractivity contribution is 8.01. The molecule has 35 heavy (non-hydrogen) atoms. The van der Waals surface area contributed by atoms with E-state index in [2.05, 4.69) is 120 Å². The molecule has 1 fully saturated rings. The van der Waals surface area contributed by atoms with Gasteiger partial charge in [-0.05, 0) is 48.6 Å². The number of allylic oxidation sites excluding steroid dienone is 10. The molecular weight excluding hydrogens is 446 g/mol. The molecule has 0 amide bonds. The first kappa shape index (κ1) is 22.1. The van der Waals surface area contributed by atoms with Crippen LogP contribution in [0.5, 0.6) is 0 Å². The topological polar surface area (TPSA) is 39.1 Å². The van der Waals surface area contributed by atoms with E-state index in [9.17, 15) is 5.26 Å². The Morgan fingerprint density at radius 1 is 1.00 bits per heavy atom. The van der Waals surface area contributed by atoms with Crippen molar-refractivity contribution in [3.05, 3.63) is 120 Å². The number of hydrogen-bond donors (Lipinski definition) is 1. The first-order valence-electron chi connectivity index (χ1n) is 12.4. The van der Waals surface area contributed by atoms with Crippen LogP contribution in [0.3, 0.4) is 0 Å². The summed E-state index contributed by atoms with van der Waals surface area (Å²) < 4.78 is 0. The van der Waals surface area contributed by atoms with Gasteiger partial charge in [-0.1, -0.05) is 79.0 Å². The van der Waals surface area contributed by atoms with Gasteiger partial charge in [0.05, 0.1) is 17.7 Å². The molecule has 0 radical (unpaired) electrons. The molecule has 0 aromatic heterocycles. The van der Waals surface area contributed by atoms with Crippen LogP contribution < -0.4 is 5.32 Å². The van der Waals surface area contributed by atoms with Gasteiger partial charge in [0.1, 0.15) is 6.07 Å². The standard InChI is InChI=1S/C31H29N3S/c1-21-26(17-22(19-32)20-33-21)24-10-8-9-23(18-24)25-11-2-3-12-27(25)34-28-13-4-6-15-30(28)35-31-16-7-5-14-29(31)34/h2,4-11,13-18,20-21,28-31,33H,3,12H2,1H3. The highest BCUT2D eigenvalue weighted by Crippen LogP contribution is 2.45. The smallest absolute Gasteiger partial charge is 0.101 e. The summed E-state index contributed by atoms with van der Waals surface area (Å²) in [7, 11) is 0. The van der Waals surface area contributed by atoms with Gasteiger partial charge < -0.3 is 10.2 Å². The van der Waals surface area contributed by atoms with Crippen LogP contribution in [0, 0.1) is 11.3 Å². The van der Waals surface area contributed by atoms with Gasteiger partial charge in [-0.3, -0.25) is 0 Å². The number of benzene rings is 1. The van der Waals surface area contributed by atoms with Gasteiger partial charge in [0, 0.05) is 34.0 Å². The van der Waals surface area contributed by atoms with Crippen LogP contribution in [0.2, 0.25) is 0 Å². The van der Waals surface area contributed by atoms with E-state index in [0.29, 0.717) is 28.2 Å². The molecule has 1 N–H and O–H groups in total. The number of rotatable bonds is 3. The van der Waals surface area contributed by atoms with E-state index in [0.717, 1.165) is 18.4 Å². The van der Waals surface area contributed by atoms with Crippen LogP contribution in [0.25, 0.3) is 11.1 Å². The maximum atomic E-state index is 9.42. The minimum atomic E-state index is 0.164. The zero-order chi connectivity index (χ0) is 23.8. The van der Waals surface area contributed by atoms with E-state index in [1.54, 1.807) is 0 Å². The lowest BCUT2D eigenvalue weighted by atomic mass is 9.88. The molecule has 0 bridgehead atoms. The molecule has 174 valence electrons. The van der Waals surface area contributed by atoms with Gasteiger partial charge in [-0.15, -0.1) is 11.8 Å². The van der Waals surface area contributed by atoms with Crippen molar-refractivity contribution >= 4 is 22.9 Å². The molecule has 0 saturated carbocycles. The predicted octanol–water partition coefficient (Wildman–Crippen LogP) is 6.31. The fraction of sp³-hybridized carbons (Fsp3) is 0.258. The van der Waals surface area contributed by atoms with Crippen molar-refractivity contribution in [1.82, 2.24) is 10.2 Å². The van der Waals surface area contributed by atoms with Gasteiger partial charge in [0.2, 0.25) is 0 Å². The maximum Gasteiger partial charge on any atom is 0.101 e. The Morgan fingerprint density at radius 2 is 1.71 bits per heavy atom. The molecular formula is C31H29N3S. The van der Waals surface area contributed by atoms with Crippen molar-refractivity contribution in [3.8, 4) is 6.07 Å². The summed E-state index contributed by atoms with van der Waals surface area (Å²) in [6, 6.07) is 12.0. The summed E-state index contributed by atoms with van der Waals surface area (Å²) in [4.78, 5) is 2.71. The summed E-state index contributed by atoms with van der Waals surface area (Å²) in [5.41, 5.74) is 6.99. The molecule has 2 aliphatic heterocycles. The molecule has 1 aromatic carbocycles. The van der Waals surface area contributed by atoms with Crippen molar-refractivity contribution in [2.75, 3.05) is 0 Å². The lowest BCUT2D eigenvalue weighted by Gasteiger charge is -2.51. The third-order valence-electron chi connectivity index (χ3n) is 7.43. The highest BCUT2D eigenvalue weighted by Gasteiger charge is 2.42. The Morgan fingerprint density at radius 3 is 2.46 bits per heavy atom. The number of hydrogen-bond acceptors (Lipinski definition) is 4. The Hall–Kier alpha value is -3.42. The molecule has 1 saturated heterocycles. The second-order valence-electron chi connectivity index (χ2n) is 9.58. The average Bonchev–Trinajstić information content (AvgIpc) is 2.92. The third-order valence-corrected chi connectivity index (χ3v) is 8.93. The zero-order valence-electron chi connectivity index (χ0n) is 19.8. The number of nitrogens with zero attached hydrogens (tertiary/aromatic N) is 2. The lowest BCUT2D eigenvalue weighted by molar-refractivity contribution is 0.234. The van der Waals surface area contributed by atoms with Crippen molar-refractivity contribution in [1.29, 1.82) is 5.26 Å². The zero-order valence-corrected chi connectivity index (χ0v) is 20.7. The van der Waals surface area contributed by atoms with Crippen molar-refractivity contribution in [3.63, 3.8) is 0 Å². The molecule has 5 aliphatic rings. The van der Waals surface area contributed by atoms with Gasteiger partial charge >= 0.3 is 0 Å². The maximum absolute atomic E-state index is 9.42. The summed E-state index contributed by atoms with van der Waals surface area (Å²) >= 11 is 2.08. The van der Waals surface area contributed by atoms with Crippen LogP contribution in [-0.2, 0) is 0 Å². The molecule has 1 aromatic rings. The van der Waals surface area contributed by atoms with E-state index in [4.69, 9.17) is 0 Å². The van der Waals surface area contributed by atoms with Crippen molar-refractivity contribution in [2.24, 2.45) is 0 Å². The fourth-order valence-corrected chi connectivity index (χ4v) is 7.22. The van der Waals surface area contributed by atoms with Gasteiger partial charge in [-0.25, -0.2) is 0 Å². The van der Waals surface area contributed by atoms with Crippen LogP contribution in [0.15, 0.2) is 109 Å². The molecule has 3 nitrogen and oxygen atoms in total. The van der Waals surface area contributed by atoms with Crippen LogP contribution in [0.1, 0.15) is 30.9 Å². The Kier molecular flexibility index (Phi) is 5.88. The number of fused-ring (bicyclic) bond motifs is 2. The first-order valence-corrected chi connectivity index (χ1v) is 13.4. The third kappa shape index (κ3) is 4.05. The Bertz CT molecular complexity index is 1280. The molecule has 5 atom stereocenters. The Balaban J connectivity index is 1.45. The van der Waals surface area contributed by atoms with E-state index in [1.165, 1.54) is 22.4 Å². The molecule has 2 heterocycles. The van der Waals surface area contributed by atoms with Gasteiger partial charge in [-0.2, -0.15) is 5.26 Å². The molecule has 4 heteroatoms. The van der Waals surface area contributed by atoms with Gasteiger partial charge in [0.15, 0.2) is 0 Å². The van der Waals surface area contributed by atoms with Crippen molar-refractivity contribution in [2.45, 2.75) is 48.4 Å². The number of nitrogens with one attached hydrogen (secondary N) is 1. The largest absolute Gasteiger partial charge is 0.383 e. The minimum Gasteiger partial charge on any atom is -0.383 e. The molecule has 5 unspecified atom stereocenters. The molecule has 6 rings (SSSR count). The van der Waals surface area contributed by atoms with E-state index in [1.807, 2.05) is 12.3 Å². The Labute approximate surface area is 212 Å². The summed E-state index contributed by atoms with van der Waals surface area (Å²) in [6.45, 7) is 2.14.